The van der Waals surface area contributed by atoms with Crippen molar-refractivity contribution >= 4 is 22.5 Å². The molecule has 0 aliphatic rings. The molecule has 106 valence electrons. The Labute approximate surface area is 127 Å². The number of fused-ring (bicyclic) bond motifs is 1. The van der Waals surface area contributed by atoms with Crippen molar-refractivity contribution in [3.8, 4) is 0 Å². The first-order valence-electron chi connectivity index (χ1n) is 6.77. The number of hydrogen-bond donors (Lipinski definition) is 0. The zero-order valence-corrected chi connectivity index (χ0v) is 12.7. The molecular weight excluding hydrogens is 284 g/mol. The molecule has 3 rings (SSSR count). The molecule has 4 heteroatoms. The number of rotatable bonds is 2. The van der Waals surface area contributed by atoms with Crippen LogP contribution in [0.5, 0.6) is 0 Å². The van der Waals surface area contributed by atoms with Crippen LogP contribution in [-0.4, -0.2) is 9.55 Å². The maximum absolute atomic E-state index is 11.8. The molecule has 3 nitrogen and oxygen atoms in total. The van der Waals surface area contributed by atoms with Crippen molar-refractivity contribution in [1.29, 1.82) is 0 Å². The Morgan fingerprint density at radius 2 is 2.00 bits per heavy atom. The number of benzene rings is 1. The third-order valence-corrected chi connectivity index (χ3v) is 4.10. The fraction of sp³-hybridized carbons (Fsp3) is 0.176. The molecule has 0 amide bonds. The van der Waals surface area contributed by atoms with E-state index in [9.17, 15) is 4.79 Å². The van der Waals surface area contributed by atoms with Crippen LogP contribution < -0.4 is 5.56 Å². The van der Waals surface area contributed by atoms with Crippen LogP contribution in [0.1, 0.15) is 16.7 Å². The maximum Gasteiger partial charge on any atom is 0.250 e. The Balaban J connectivity index is 2.12. The minimum atomic E-state index is -0.0475. The van der Waals surface area contributed by atoms with E-state index in [0.717, 1.165) is 22.0 Å². The average molecular weight is 299 g/mol. The van der Waals surface area contributed by atoms with Gasteiger partial charge in [-0.2, -0.15) is 0 Å². The van der Waals surface area contributed by atoms with E-state index < -0.39 is 0 Å². The number of halogens is 1. The molecule has 0 spiro atoms. The van der Waals surface area contributed by atoms with Crippen molar-refractivity contribution in [3.63, 3.8) is 0 Å². The first-order chi connectivity index (χ1) is 10.1. The minimum Gasteiger partial charge on any atom is -0.311 e. The molecule has 0 bridgehead atoms. The van der Waals surface area contributed by atoms with E-state index in [2.05, 4.69) is 18.0 Å². The van der Waals surface area contributed by atoms with Crippen molar-refractivity contribution in [2.75, 3.05) is 0 Å². The second-order valence-electron chi connectivity index (χ2n) is 5.18. The quantitative estimate of drug-likeness (QED) is 0.676. The van der Waals surface area contributed by atoms with Crippen molar-refractivity contribution in [1.82, 2.24) is 9.55 Å². The van der Waals surface area contributed by atoms with Gasteiger partial charge in [-0.05, 0) is 37.1 Å². The molecule has 0 radical (unpaired) electrons. The Kier molecular flexibility index (Phi) is 3.52. The van der Waals surface area contributed by atoms with Crippen LogP contribution >= 0.6 is 11.6 Å². The average Bonchev–Trinajstić information content (AvgIpc) is 2.47. The summed E-state index contributed by atoms with van der Waals surface area (Å²) in [5.41, 5.74) is 4.05. The molecule has 0 fully saturated rings. The molecule has 2 heterocycles. The summed E-state index contributed by atoms with van der Waals surface area (Å²) in [6, 6.07) is 11.2. The number of hydrogen-bond acceptors (Lipinski definition) is 2. The van der Waals surface area contributed by atoms with Gasteiger partial charge in [-0.25, -0.2) is 4.98 Å². The monoisotopic (exact) mass is 298 g/mol. The molecule has 2 aromatic heterocycles. The van der Waals surface area contributed by atoms with Gasteiger partial charge >= 0.3 is 0 Å². The van der Waals surface area contributed by atoms with Gasteiger partial charge in [0.15, 0.2) is 0 Å². The second-order valence-corrected chi connectivity index (χ2v) is 5.54. The first-order valence-corrected chi connectivity index (χ1v) is 7.15. The van der Waals surface area contributed by atoms with Gasteiger partial charge in [-0.15, -0.1) is 0 Å². The highest BCUT2D eigenvalue weighted by molar-refractivity contribution is 6.30. The Morgan fingerprint density at radius 3 is 2.76 bits per heavy atom. The van der Waals surface area contributed by atoms with Crippen molar-refractivity contribution in [2.45, 2.75) is 20.4 Å². The van der Waals surface area contributed by atoms with Gasteiger partial charge in [-0.3, -0.25) is 4.79 Å². The second kappa shape index (κ2) is 5.34. The molecule has 0 aliphatic heterocycles. The summed E-state index contributed by atoms with van der Waals surface area (Å²) < 4.78 is 1.62. The van der Waals surface area contributed by atoms with Gasteiger partial charge in [-0.1, -0.05) is 29.8 Å². The van der Waals surface area contributed by atoms with E-state index in [1.54, 1.807) is 16.8 Å². The van der Waals surface area contributed by atoms with E-state index in [1.807, 2.05) is 25.1 Å². The molecule has 0 saturated heterocycles. The fourth-order valence-corrected chi connectivity index (χ4v) is 2.59. The SMILES string of the molecule is Cc1ccc2cc(Cn3ccccc3=O)c(Cl)nc2c1C. The van der Waals surface area contributed by atoms with Gasteiger partial charge in [0.25, 0.3) is 5.56 Å². The van der Waals surface area contributed by atoms with Gasteiger partial charge in [0, 0.05) is 23.2 Å². The lowest BCUT2D eigenvalue weighted by molar-refractivity contribution is 0.758. The zero-order chi connectivity index (χ0) is 15.0. The summed E-state index contributed by atoms with van der Waals surface area (Å²) in [7, 11) is 0. The minimum absolute atomic E-state index is 0.0475. The van der Waals surface area contributed by atoms with Crippen LogP contribution in [0.15, 0.2) is 47.4 Å². The highest BCUT2D eigenvalue weighted by Crippen LogP contribution is 2.25. The molecule has 0 aliphatic carbocycles. The molecule has 1 aromatic carbocycles. The van der Waals surface area contributed by atoms with Crippen LogP contribution in [0.4, 0.5) is 0 Å². The lowest BCUT2D eigenvalue weighted by atomic mass is 10.0. The summed E-state index contributed by atoms with van der Waals surface area (Å²) >= 11 is 6.30. The molecular formula is C17H15ClN2O. The maximum atomic E-state index is 11.8. The van der Waals surface area contributed by atoms with Gasteiger partial charge in [0.2, 0.25) is 0 Å². The molecule has 0 N–H and O–H groups in total. The van der Waals surface area contributed by atoms with E-state index in [1.165, 1.54) is 11.6 Å². The Hall–Kier alpha value is -2.13. The summed E-state index contributed by atoms with van der Waals surface area (Å²) in [6.07, 6.45) is 1.75. The number of aryl methyl sites for hydroxylation is 2. The van der Waals surface area contributed by atoms with Crippen LogP contribution in [0.3, 0.4) is 0 Å². The lowest BCUT2D eigenvalue weighted by Gasteiger charge is -2.10. The van der Waals surface area contributed by atoms with E-state index >= 15 is 0 Å². The zero-order valence-electron chi connectivity index (χ0n) is 11.9. The fourth-order valence-electron chi connectivity index (χ4n) is 2.39. The van der Waals surface area contributed by atoms with Crippen LogP contribution in [-0.2, 0) is 6.54 Å². The third kappa shape index (κ3) is 2.57. The topological polar surface area (TPSA) is 34.9 Å². The molecule has 0 saturated carbocycles. The standard InChI is InChI=1S/C17H15ClN2O/c1-11-6-7-13-9-14(17(18)19-16(13)12(11)2)10-20-8-4-3-5-15(20)21/h3-9H,10H2,1-2H3. The predicted molar refractivity (Wildman–Crippen MR) is 86.0 cm³/mol. The van der Waals surface area contributed by atoms with Gasteiger partial charge in [0.1, 0.15) is 5.15 Å². The highest BCUT2D eigenvalue weighted by Gasteiger charge is 2.09. The summed E-state index contributed by atoms with van der Waals surface area (Å²) in [5.74, 6) is 0. The Bertz CT molecular complexity index is 884. The summed E-state index contributed by atoms with van der Waals surface area (Å²) in [5, 5.41) is 1.49. The molecule has 0 unspecified atom stereocenters. The van der Waals surface area contributed by atoms with E-state index in [4.69, 9.17) is 11.6 Å². The molecule has 3 aromatic rings. The van der Waals surface area contributed by atoms with E-state index in [-0.39, 0.29) is 5.56 Å². The van der Waals surface area contributed by atoms with Crippen molar-refractivity contribution in [3.05, 3.63) is 74.8 Å². The number of nitrogens with zero attached hydrogens (tertiary/aromatic N) is 2. The largest absolute Gasteiger partial charge is 0.311 e. The first kappa shape index (κ1) is 13.8. The van der Waals surface area contributed by atoms with Crippen LogP contribution in [0, 0.1) is 13.8 Å². The van der Waals surface area contributed by atoms with Crippen LogP contribution in [0.25, 0.3) is 10.9 Å². The van der Waals surface area contributed by atoms with Crippen molar-refractivity contribution in [2.24, 2.45) is 0 Å². The van der Waals surface area contributed by atoms with Crippen LogP contribution in [0.2, 0.25) is 5.15 Å². The van der Waals surface area contributed by atoms with Gasteiger partial charge < -0.3 is 4.57 Å². The smallest absolute Gasteiger partial charge is 0.250 e. The Morgan fingerprint density at radius 1 is 1.19 bits per heavy atom. The lowest BCUT2D eigenvalue weighted by Crippen LogP contribution is -2.18. The third-order valence-electron chi connectivity index (χ3n) is 3.78. The summed E-state index contributed by atoms with van der Waals surface area (Å²) in [6.45, 7) is 4.53. The van der Waals surface area contributed by atoms with Gasteiger partial charge in [0.05, 0.1) is 12.1 Å². The van der Waals surface area contributed by atoms with Crippen molar-refractivity contribution < 1.29 is 0 Å². The normalized spacial score (nSPS) is 11.0. The highest BCUT2D eigenvalue weighted by atomic mass is 35.5. The summed E-state index contributed by atoms with van der Waals surface area (Å²) in [4.78, 5) is 16.3. The number of pyridine rings is 2. The predicted octanol–water partition coefficient (Wildman–Crippen LogP) is 3.72. The number of aromatic nitrogens is 2. The molecule has 0 atom stereocenters. The molecule has 21 heavy (non-hydrogen) atoms. The van der Waals surface area contributed by atoms with E-state index in [0.29, 0.717) is 11.7 Å².